The van der Waals surface area contributed by atoms with Gasteiger partial charge in [-0.25, -0.2) is 4.98 Å². The van der Waals surface area contributed by atoms with Gasteiger partial charge in [-0.1, -0.05) is 64.5 Å². The third kappa shape index (κ3) is 3.79. The molecule has 1 aliphatic heterocycles. The second-order valence-corrected chi connectivity index (χ2v) is 8.11. The molecule has 0 spiro atoms. The summed E-state index contributed by atoms with van der Waals surface area (Å²) in [7, 11) is 0. The summed E-state index contributed by atoms with van der Waals surface area (Å²) in [5, 5.41) is 12.8. The van der Waals surface area contributed by atoms with Crippen LogP contribution in [0, 0.1) is 0 Å². The molecule has 0 saturated heterocycles. The van der Waals surface area contributed by atoms with Gasteiger partial charge in [-0.2, -0.15) is 0 Å². The first kappa shape index (κ1) is 19.3. The average Bonchev–Trinajstić information content (AvgIpc) is 3.34. The van der Waals surface area contributed by atoms with Crippen molar-refractivity contribution >= 4 is 50.2 Å². The Morgan fingerprint density at radius 1 is 1.17 bits per heavy atom. The van der Waals surface area contributed by atoms with E-state index in [0.29, 0.717) is 10.7 Å². The molecule has 7 heteroatoms. The van der Waals surface area contributed by atoms with Crippen LogP contribution in [-0.4, -0.2) is 21.8 Å². The van der Waals surface area contributed by atoms with Crippen molar-refractivity contribution in [3.05, 3.63) is 99.2 Å². The molecule has 2 aromatic carbocycles. The lowest BCUT2D eigenvalue weighted by molar-refractivity contribution is -0.117. The van der Waals surface area contributed by atoms with Gasteiger partial charge in [0.15, 0.2) is 16.7 Å². The zero-order chi connectivity index (χ0) is 20.4. The van der Waals surface area contributed by atoms with Gasteiger partial charge in [-0.3, -0.25) is 14.5 Å². The van der Waals surface area contributed by atoms with Gasteiger partial charge in [0.05, 0.1) is 11.6 Å². The maximum Gasteiger partial charge on any atom is 0.296 e. The maximum atomic E-state index is 13.0. The molecule has 1 amide bonds. The van der Waals surface area contributed by atoms with E-state index < -0.39 is 23.5 Å². The van der Waals surface area contributed by atoms with Gasteiger partial charge < -0.3 is 5.11 Å². The lowest BCUT2D eigenvalue weighted by atomic mass is 9.96. The molecule has 0 bridgehead atoms. The fourth-order valence-corrected chi connectivity index (χ4v) is 4.29. The molecule has 144 valence electrons. The minimum absolute atomic E-state index is 0.0375. The van der Waals surface area contributed by atoms with Gasteiger partial charge in [0.2, 0.25) is 0 Å². The number of halogens is 1. The molecule has 29 heavy (non-hydrogen) atoms. The van der Waals surface area contributed by atoms with E-state index in [1.807, 2.05) is 54.6 Å². The quantitative estimate of drug-likeness (QED) is 0.531. The third-order valence-corrected chi connectivity index (χ3v) is 5.75. The smallest absolute Gasteiger partial charge is 0.296 e. The Bertz CT molecular complexity index is 1120. The number of carbonyl (C=O) groups excluding carboxylic acids is 2. The Morgan fingerprint density at radius 2 is 1.97 bits per heavy atom. The highest BCUT2D eigenvalue weighted by molar-refractivity contribution is 9.10. The number of benzene rings is 2. The van der Waals surface area contributed by atoms with E-state index in [1.165, 1.54) is 22.3 Å². The van der Waals surface area contributed by atoms with Crippen molar-refractivity contribution in [3.63, 3.8) is 0 Å². The standard InChI is InChI=1S/C22H15BrN2O3S/c23-16-8-4-7-15(13-16)19-18(17(26)10-9-14-5-2-1-3-6-14)20(27)21(28)25(19)22-24-11-12-29-22/h1-13,19,27H. The van der Waals surface area contributed by atoms with Gasteiger partial charge in [-0.15, -0.1) is 11.3 Å². The molecule has 0 fully saturated rings. The second kappa shape index (κ2) is 8.14. The number of hydrogen-bond acceptors (Lipinski definition) is 5. The number of amides is 1. The van der Waals surface area contributed by atoms with Gasteiger partial charge >= 0.3 is 0 Å². The lowest BCUT2D eigenvalue weighted by Gasteiger charge is -2.24. The summed E-state index contributed by atoms with van der Waals surface area (Å²) in [6, 6.07) is 15.9. The van der Waals surface area contributed by atoms with E-state index in [0.717, 1.165) is 10.0 Å². The van der Waals surface area contributed by atoms with Crippen LogP contribution in [0.5, 0.6) is 0 Å². The van der Waals surface area contributed by atoms with Crippen LogP contribution in [-0.2, 0) is 9.59 Å². The van der Waals surface area contributed by atoms with Crippen molar-refractivity contribution in [2.24, 2.45) is 0 Å². The Morgan fingerprint density at radius 3 is 2.66 bits per heavy atom. The summed E-state index contributed by atoms with van der Waals surface area (Å²) >= 11 is 4.70. The van der Waals surface area contributed by atoms with Crippen molar-refractivity contribution in [1.29, 1.82) is 0 Å². The molecule has 0 aliphatic carbocycles. The number of nitrogens with zero attached hydrogens (tertiary/aromatic N) is 2. The van der Waals surface area contributed by atoms with Crippen LogP contribution in [0.4, 0.5) is 5.13 Å². The largest absolute Gasteiger partial charge is 0.503 e. The number of allylic oxidation sites excluding steroid dienone is 1. The first-order valence-corrected chi connectivity index (χ1v) is 10.4. The lowest BCUT2D eigenvalue weighted by Crippen LogP contribution is -2.30. The van der Waals surface area contributed by atoms with Crippen molar-refractivity contribution in [1.82, 2.24) is 4.98 Å². The Kier molecular flexibility index (Phi) is 5.42. The molecular weight excluding hydrogens is 452 g/mol. The number of aromatic nitrogens is 1. The zero-order valence-electron chi connectivity index (χ0n) is 15.0. The molecular formula is C22H15BrN2O3S. The summed E-state index contributed by atoms with van der Waals surface area (Å²) in [5.41, 5.74) is 1.58. The predicted octanol–water partition coefficient (Wildman–Crippen LogP) is 5.09. The number of thiazole rings is 1. The van der Waals surface area contributed by atoms with E-state index in [1.54, 1.807) is 17.7 Å². The maximum absolute atomic E-state index is 13.0. The number of ketones is 1. The van der Waals surface area contributed by atoms with Crippen LogP contribution in [0.1, 0.15) is 17.2 Å². The number of aliphatic hydroxyl groups excluding tert-OH is 1. The van der Waals surface area contributed by atoms with Gasteiger partial charge in [-0.05, 0) is 29.3 Å². The summed E-state index contributed by atoms with van der Waals surface area (Å²) in [6.45, 7) is 0. The molecule has 1 aliphatic rings. The first-order valence-electron chi connectivity index (χ1n) is 8.75. The summed E-state index contributed by atoms with van der Waals surface area (Å²) < 4.78 is 0.805. The highest BCUT2D eigenvalue weighted by Gasteiger charge is 2.44. The molecule has 4 rings (SSSR count). The van der Waals surface area contributed by atoms with Crippen molar-refractivity contribution in [2.45, 2.75) is 6.04 Å². The normalized spacial score (nSPS) is 16.8. The second-order valence-electron chi connectivity index (χ2n) is 6.32. The van der Waals surface area contributed by atoms with Crippen molar-refractivity contribution in [2.75, 3.05) is 4.90 Å². The summed E-state index contributed by atoms with van der Waals surface area (Å²) in [4.78, 5) is 31.5. The average molecular weight is 467 g/mol. The summed E-state index contributed by atoms with van der Waals surface area (Å²) in [6.07, 6.45) is 4.62. The summed E-state index contributed by atoms with van der Waals surface area (Å²) in [5.74, 6) is -1.61. The van der Waals surface area contributed by atoms with Gasteiger partial charge in [0.1, 0.15) is 0 Å². The molecule has 3 aromatic rings. The van der Waals surface area contributed by atoms with Crippen molar-refractivity contribution in [3.8, 4) is 0 Å². The van der Waals surface area contributed by atoms with Crippen LogP contribution < -0.4 is 4.90 Å². The molecule has 1 N–H and O–H groups in total. The van der Waals surface area contributed by atoms with E-state index in [4.69, 9.17) is 0 Å². The number of aliphatic hydroxyl groups is 1. The van der Waals surface area contributed by atoms with E-state index in [-0.39, 0.29) is 5.57 Å². The number of hydrogen-bond donors (Lipinski definition) is 1. The number of rotatable bonds is 5. The minimum Gasteiger partial charge on any atom is -0.503 e. The van der Waals surface area contributed by atoms with Crippen LogP contribution in [0.25, 0.3) is 6.08 Å². The molecule has 2 heterocycles. The SMILES string of the molecule is O=C(C=Cc1ccccc1)C1=C(O)C(=O)N(c2nccs2)C1c1cccc(Br)c1. The number of carbonyl (C=O) groups is 2. The van der Waals surface area contributed by atoms with Crippen LogP contribution >= 0.6 is 27.3 Å². The van der Waals surface area contributed by atoms with Gasteiger partial charge in [0, 0.05) is 16.0 Å². The molecule has 1 aromatic heterocycles. The van der Waals surface area contributed by atoms with Crippen LogP contribution in [0.3, 0.4) is 0 Å². The molecule has 1 unspecified atom stereocenters. The minimum atomic E-state index is -0.765. The Hall–Kier alpha value is -3.03. The molecule has 1 atom stereocenters. The van der Waals surface area contributed by atoms with Gasteiger partial charge in [0.25, 0.3) is 5.91 Å². The van der Waals surface area contributed by atoms with E-state index >= 15 is 0 Å². The molecule has 0 saturated carbocycles. The zero-order valence-corrected chi connectivity index (χ0v) is 17.4. The predicted molar refractivity (Wildman–Crippen MR) is 117 cm³/mol. The van der Waals surface area contributed by atoms with Crippen molar-refractivity contribution < 1.29 is 14.7 Å². The molecule has 0 radical (unpaired) electrons. The fourth-order valence-electron chi connectivity index (χ4n) is 3.21. The van der Waals surface area contributed by atoms with Crippen LogP contribution in [0.15, 0.2) is 88.1 Å². The molecule has 5 nitrogen and oxygen atoms in total. The fraction of sp³-hybridized carbons (Fsp3) is 0.0455. The number of anilines is 1. The topological polar surface area (TPSA) is 70.5 Å². The van der Waals surface area contributed by atoms with E-state index in [9.17, 15) is 14.7 Å². The highest BCUT2D eigenvalue weighted by Crippen LogP contribution is 2.42. The van der Waals surface area contributed by atoms with E-state index in [2.05, 4.69) is 20.9 Å². The third-order valence-electron chi connectivity index (χ3n) is 4.49. The van der Waals surface area contributed by atoms with Crippen LogP contribution in [0.2, 0.25) is 0 Å². The Labute approximate surface area is 179 Å². The first-order chi connectivity index (χ1) is 14.1. The highest BCUT2D eigenvalue weighted by atomic mass is 79.9. The monoisotopic (exact) mass is 466 g/mol. The Balaban J connectivity index is 1.78.